The number of carbonyl (C=O) groups is 1. The summed E-state index contributed by atoms with van der Waals surface area (Å²) < 4.78 is 21.2. The third kappa shape index (κ3) is 8.48. The summed E-state index contributed by atoms with van der Waals surface area (Å²) in [5.41, 5.74) is 0.235. The summed E-state index contributed by atoms with van der Waals surface area (Å²) in [7, 11) is 0. The number of ether oxygens (including phenoxy) is 1. The molecule has 45 heavy (non-hydrogen) atoms. The Bertz CT molecular complexity index is 1260. The summed E-state index contributed by atoms with van der Waals surface area (Å²) in [4.78, 5) is 27.1. The van der Waals surface area contributed by atoms with E-state index in [9.17, 15) is 20.1 Å². The first-order valence-electron chi connectivity index (χ1n) is 15.9. The lowest BCUT2D eigenvalue weighted by atomic mass is 9.86. The Morgan fingerprint density at radius 1 is 1.07 bits per heavy atom. The van der Waals surface area contributed by atoms with Gasteiger partial charge >= 0.3 is 0 Å². The van der Waals surface area contributed by atoms with Gasteiger partial charge in [0.15, 0.2) is 0 Å². The van der Waals surface area contributed by atoms with Crippen LogP contribution in [0.4, 0.5) is 10.3 Å². The van der Waals surface area contributed by atoms with Crippen LogP contribution in [0.25, 0.3) is 0 Å². The molecule has 4 heterocycles. The van der Waals surface area contributed by atoms with Crippen LogP contribution in [0.2, 0.25) is 5.02 Å². The van der Waals surface area contributed by atoms with Gasteiger partial charge in [-0.15, -0.1) is 0 Å². The van der Waals surface area contributed by atoms with Crippen LogP contribution in [0, 0.1) is 17.2 Å². The summed E-state index contributed by atoms with van der Waals surface area (Å²) >= 11 is 5.89. The Morgan fingerprint density at radius 2 is 1.80 bits per heavy atom. The van der Waals surface area contributed by atoms with Crippen LogP contribution in [0.15, 0.2) is 30.6 Å². The van der Waals surface area contributed by atoms with E-state index in [1.807, 2.05) is 9.80 Å². The molecule has 2 unspecified atom stereocenters. The third-order valence-electron chi connectivity index (χ3n) is 9.75. The number of carbonyl (C=O) groups excluding carboxylic acids is 1. The molecular formula is C32H45ClFN5O6. The number of aliphatic hydroxyl groups is 4. The van der Waals surface area contributed by atoms with Gasteiger partial charge < -0.3 is 39.8 Å². The van der Waals surface area contributed by atoms with Crippen LogP contribution in [0.1, 0.15) is 50.1 Å². The van der Waals surface area contributed by atoms with Gasteiger partial charge in [-0.05, 0) is 69.0 Å². The average Bonchev–Trinajstić information content (AvgIpc) is 3.65. The maximum absolute atomic E-state index is 15.3. The van der Waals surface area contributed by atoms with Crippen molar-refractivity contribution in [2.24, 2.45) is 11.3 Å². The Balaban J connectivity index is 1.06. The summed E-state index contributed by atoms with van der Waals surface area (Å²) in [6, 6.07) is 4.04. The van der Waals surface area contributed by atoms with Crippen molar-refractivity contribution in [3.63, 3.8) is 0 Å². The number of piperidine rings is 1. The van der Waals surface area contributed by atoms with E-state index in [0.29, 0.717) is 61.0 Å². The van der Waals surface area contributed by atoms with Crippen molar-refractivity contribution in [1.82, 2.24) is 19.8 Å². The molecule has 3 saturated heterocycles. The SMILES string of the molecule is O=CC(c1ccc(OCCCC2CCN(c3ncc(Cl)cn3)CC2)cc1F)N1CCC2(CCN(C[C@H](O)[C@H](O)[C@H](O)CO)C2)C1. The molecule has 13 heteroatoms. The van der Waals surface area contributed by atoms with E-state index < -0.39 is 36.8 Å². The van der Waals surface area contributed by atoms with Crippen molar-refractivity contribution in [1.29, 1.82) is 0 Å². The maximum Gasteiger partial charge on any atom is 0.225 e. The average molecular weight is 650 g/mol. The van der Waals surface area contributed by atoms with E-state index in [1.165, 1.54) is 6.07 Å². The number of rotatable bonds is 14. The van der Waals surface area contributed by atoms with Crippen LogP contribution in [-0.2, 0) is 4.79 Å². The van der Waals surface area contributed by atoms with E-state index >= 15 is 4.39 Å². The second-order valence-corrected chi connectivity index (χ2v) is 13.3. The Hall–Kier alpha value is -2.45. The molecule has 1 aromatic carbocycles. The lowest BCUT2D eigenvalue weighted by Gasteiger charge is -2.32. The van der Waals surface area contributed by atoms with Crippen molar-refractivity contribution >= 4 is 23.8 Å². The molecule has 11 nitrogen and oxygen atoms in total. The number of benzene rings is 1. The number of anilines is 1. The predicted molar refractivity (Wildman–Crippen MR) is 167 cm³/mol. The first-order chi connectivity index (χ1) is 21.7. The maximum atomic E-state index is 15.3. The zero-order valence-corrected chi connectivity index (χ0v) is 26.3. The Kier molecular flexibility index (Phi) is 11.6. The molecule has 2 aromatic rings. The van der Waals surface area contributed by atoms with Gasteiger partial charge in [-0.25, -0.2) is 14.4 Å². The lowest BCUT2D eigenvalue weighted by Crippen LogP contribution is -2.46. The zero-order valence-electron chi connectivity index (χ0n) is 25.6. The number of nitrogens with zero attached hydrogens (tertiary/aromatic N) is 5. The first-order valence-corrected chi connectivity index (χ1v) is 16.3. The molecule has 0 saturated carbocycles. The molecular weight excluding hydrogens is 605 g/mol. The van der Waals surface area contributed by atoms with Gasteiger partial charge in [-0.1, -0.05) is 17.7 Å². The van der Waals surface area contributed by atoms with Gasteiger partial charge in [0.1, 0.15) is 30.1 Å². The highest BCUT2D eigenvalue weighted by molar-refractivity contribution is 6.30. The summed E-state index contributed by atoms with van der Waals surface area (Å²) in [5.74, 6) is 1.29. The normalized spacial score (nSPS) is 24.2. The van der Waals surface area contributed by atoms with Gasteiger partial charge in [0, 0.05) is 44.4 Å². The molecule has 3 aliphatic rings. The summed E-state index contributed by atoms with van der Waals surface area (Å²) in [6.07, 6.45) is 5.71. The van der Waals surface area contributed by atoms with E-state index in [2.05, 4.69) is 14.9 Å². The van der Waals surface area contributed by atoms with E-state index in [0.717, 1.165) is 57.9 Å². The monoisotopic (exact) mass is 649 g/mol. The van der Waals surface area contributed by atoms with Crippen molar-refractivity contribution in [2.75, 3.05) is 63.9 Å². The summed E-state index contributed by atoms with van der Waals surface area (Å²) in [6.45, 7) is 4.48. The van der Waals surface area contributed by atoms with Crippen LogP contribution >= 0.6 is 11.6 Å². The molecule has 248 valence electrons. The number of halogens is 2. The number of hydrogen-bond acceptors (Lipinski definition) is 11. The largest absolute Gasteiger partial charge is 0.493 e. The number of hydrogen-bond donors (Lipinski definition) is 4. The molecule has 5 atom stereocenters. The molecule has 0 radical (unpaired) electrons. The number of aromatic nitrogens is 2. The molecule has 0 amide bonds. The van der Waals surface area contributed by atoms with E-state index in [4.69, 9.17) is 21.4 Å². The second kappa shape index (κ2) is 15.4. The number of aliphatic hydroxyl groups excluding tert-OH is 4. The summed E-state index contributed by atoms with van der Waals surface area (Å²) in [5, 5.41) is 39.5. The van der Waals surface area contributed by atoms with Crippen molar-refractivity contribution < 1.29 is 34.3 Å². The predicted octanol–water partition coefficient (Wildman–Crippen LogP) is 2.06. The fourth-order valence-electron chi connectivity index (χ4n) is 7.11. The van der Waals surface area contributed by atoms with Crippen LogP contribution in [0.3, 0.4) is 0 Å². The quantitative estimate of drug-likeness (QED) is 0.176. The molecule has 1 aromatic heterocycles. The topological polar surface area (TPSA) is 143 Å². The molecule has 0 bridgehead atoms. The van der Waals surface area contributed by atoms with Crippen molar-refractivity contribution in [2.45, 2.75) is 62.9 Å². The highest BCUT2D eigenvalue weighted by atomic mass is 35.5. The van der Waals surface area contributed by atoms with Crippen LogP contribution in [-0.4, -0.2) is 124 Å². The lowest BCUT2D eigenvalue weighted by molar-refractivity contribution is -0.112. The van der Waals surface area contributed by atoms with Crippen molar-refractivity contribution in [3.05, 3.63) is 47.0 Å². The molecule has 1 spiro atoms. The van der Waals surface area contributed by atoms with Crippen LogP contribution in [0.5, 0.6) is 5.75 Å². The van der Waals surface area contributed by atoms with Crippen molar-refractivity contribution in [3.8, 4) is 5.75 Å². The van der Waals surface area contributed by atoms with Gasteiger partial charge in [0.2, 0.25) is 5.95 Å². The molecule has 5 rings (SSSR count). The van der Waals surface area contributed by atoms with E-state index in [1.54, 1.807) is 24.5 Å². The minimum Gasteiger partial charge on any atom is -0.493 e. The molecule has 3 aliphatic heterocycles. The first kappa shape index (κ1) is 33.9. The minimum absolute atomic E-state index is 0.0959. The number of likely N-dealkylation sites (tertiary alicyclic amines) is 2. The molecule has 4 N–H and O–H groups in total. The molecule has 0 aliphatic carbocycles. The van der Waals surface area contributed by atoms with Gasteiger partial charge in [-0.3, -0.25) is 4.90 Å². The zero-order chi connectivity index (χ0) is 32.0. The van der Waals surface area contributed by atoms with Gasteiger partial charge in [0.05, 0.1) is 42.8 Å². The number of aldehydes is 1. The smallest absolute Gasteiger partial charge is 0.225 e. The third-order valence-corrected chi connectivity index (χ3v) is 9.94. The van der Waals surface area contributed by atoms with Gasteiger partial charge in [-0.2, -0.15) is 0 Å². The minimum atomic E-state index is -1.43. The number of β-amino-alcohol motifs (C(OH)–C–C–N with tert-alkyl or cyclic N) is 1. The highest BCUT2D eigenvalue weighted by Gasteiger charge is 2.46. The fraction of sp³-hybridized carbons (Fsp3) is 0.656. The Morgan fingerprint density at radius 3 is 2.49 bits per heavy atom. The molecule has 3 fully saturated rings. The van der Waals surface area contributed by atoms with Crippen LogP contribution < -0.4 is 9.64 Å². The second-order valence-electron chi connectivity index (χ2n) is 12.9. The van der Waals surface area contributed by atoms with Gasteiger partial charge in [0.25, 0.3) is 0 Å². The fourth-order valence-corrected chi connectivity index (χ4v) is 7.20. The highest BCUT2D eigenvalue weighted by Crippen LogP contribution is 2.42. The Labute approximate surface area is 268 Å². The standard InChI is InChI=1S/C32H45ClFN5O6/c33-23-15-35-31(36-16-23)38-9-5-22(6-10-38)2-1-13-45-24-3-4-25(26(34)14-24)27(18-40)39-12-8-32(21-39)7-11-37(20-32)17-28(42)30(44)29(43)19-41/h3-4,14-16,18,22,27-30,41-44H,1-2,5-13,17,19-21H2/t27?,28-,29+,30-,32?/m0/s1. The van der Waals surface area contributed by atoms with E-state index in [-0.39, 0.29) is 12.0 Å².